The molecule has 0 radical (unpaired) electrons. The van der Waals surface area contributed by atoms with Crippen LogP contribution in [-0.2, 0) is 0 Å². The lowest BCUT2D eigenvalue weighted by atomic mass is 9.79. The van der Waals surface area contributed by atoms with Crippen LogP contribution in [0.5, 0.6) is 0 Å². The van der Waals surface area contributed by atoms with Crippen molar-refractivity contribution in [1.29, 1.82) is 5.41 Å². The summed E-state index contributed by atoms with van der Waals surface area (Å²) in [4.78, 5) is 13.7. The molecule has 6 heteroatoms. The van der Waals surface area contributed by atoms with Gasteiger partial charge in [0.25, 0.3) is 0 Å². The van der Waals surface area contributed by atoms with Crippen molar-refractivity contribution in [1.82, 2.24) is 4.90 Å². The Labute approximate surface area is 117 Å². The molecule has 0 aliphatic carbocycles. The van der Waals surface area contributed by atoms with Crippen molar-refractivity contribution in [3.63, 3.8) is 0 Å². The standard InChI is InChI=1S/C14H19FN4O/c1-14(12(16)17)6-8-19(9-7-14)13(20)18-11-5-3-2-4-10(11)15/h2-5H,6-9H2,1H3,(H3,16,17)(H,18,20). The number of nitrogens with zero attached hydrogens (tertiary/aromatic N) is 1. The van der Waals surface area contributed by atoms with Crippen molar-refractivity contribution in [2.24, 2.45) is 11.1 Å². The van der Waals surface area contributed by atoms with Gasteiger partial charge in [0.05, 0.1) is 11.5 Å². The van der Waals surface area contributed by atoms with Gasteiger partial charge in [-0.2, -0.15) is 0 Å². The van der Waals surface area contributed by atoms with Crippen LogP contribution in [0.15, 0.2) is 24.3 Å². The Bertz CT molecular complexity index is 524. The van der Waals surface area contributed by atoms with Gasteiger partial charge in [0, 0.05) is 18.5 Å². The lowest BCUT2D eigenvalue weighted by molar-refractivity contribution is 0.170. The van der Waals surface area contributed by atoms with Crippen LogP contribution in [0, 0.1) is 16.6 Å². The number of amidine groups is 1. The molecule has 0 unspecified atom stereocenters. The van der Waals surface area contributed by atoms with Crippen LogP contribution in [-0.4, -0.2) is 29.9 Å². The van der Waals surface area contributed by atoms with E-state index in [0.29, 0.717) is 25.9 Å². The van der Waals surface area contributed by atoms with E-state index in [1.807, 2.05) is 6.92 Å². The molecule has 1 saturated heterocycles. The van der Waals surface area contributed by atoms with Crippen molar-refractivity contribution in [2.75, 3.05) is 18.4 Å². The van der Waals surface area contributed by atoms with E-state index in [2.05, 4.69) is 5.32 Å². The molecule has 1 heterocycles. The molecule has 2 rings (SSSR count). The summed E-state index contributed by atoms with van der Waals surface area (Å²) in [5.74, 6) is -0.293. The second-order valence-electron chi connectivity index (χ2n) is 5.37. The van der Waals surface area contributed by atoms with Crippen molar-refractivity contribution in [2.45, 2.75) is 19.8 Å². The first-order chi connectivity index (χ1) is 9.42. The third-order valence-corrected chi connectivity index (χ3v) is 3.92. The minimum Gasteiger partial charge on any atom is -0.387 e. The fraction of sp³-hybridized carbons (Fsp3) is 0.429. The van der Waals surface area contributed by atoms with Gasteiger partial charge >= 0.3 is 6.03 Å². The van der Waals surface area contributed by atoms with E-state index >= 15 is 0 Å². The van der Waals surface area contributed by atoms with Gasteiger partial charge in [0.2, 0.25) is 0 Å². The van der Waals surface area contributed by atoms with Crippen LogP contribution in [0.4, 0.5) is 14.9 Å². The molecule has 0 aromatic heterocycles. The number of carbonyl (C=O) groups is 1. The summed E-state index contributed by atoms with van der Waals surface area (Å²) in [6.07, 6.45) is 1.29. The molecule has 2 amide bonds. The Morgan fingerprint density at radius 1 is 1.40 bits per heavy atom. The number of halogens is 1. The maximum Gasteiger partial charge on any atom is 0.321 e. The number of carbonyl (C=O) groups excluding carboxylic acids is 1. The van der Waals surface area contributed by atoms with Crippen LogP contribution in [0.25, 0.3) is 0 Å². The fourth-order valence-corrected chi connectivity index (χ4v) is 2.23. The molecule has 1 fully saturated rings. The highest BCUT2D eigenvalue weighted by atomic mass is 19.1. The number of benzene rings is 1. The summed E-state index contributed by atoms with van der Waals surface area (Å²) >= 11 is 0. The Kier molecular flexibility index (Phi) is 3.92. The van der Waals surface area contributed by atoms with Crippen LogP contribution >= 0.6 is 0 Å². The zero-order valence-corrected chi connectivity index (χ0v) is 11.4. The average Bonchev–Trinajstić information content (AvgIpc) is 2.42. The highest BCUT2D eigenvalue weighted by Crippen LogP contribution is 2.30. The van der Waals surface area contributed by atoms with Crippen molar-refractivity contribution < 1.29 is 9.18 Å². The summed E-state index contributed by atoms with van der Waals surface area (Å²) in [5.41, 5.74) is 5.42. The van der Waals surface area contributed by atoms with E-state index in [1.165, 1.54) is 12.1 Å². The van der Waals surface area contributed by atoms with E-state index in [4.69, 9.17) is 11.1 Å². The highest BCUT2D eigenvalue weighted by Gasteiger charge is 2.34. The molecular formula is C14H19FN4O. The molecule has 0 spiro atoms. The quantitative estimate of drug-likeness (QED) is 0.573. The molecule has 1 aromatic carbocycles. The molecule has 4 N–H and O–H groups in total. The van der Waals surface area contributed by atoms with Gasteiger partial charge in [-0.15, -0.1) is 0 Å². The van der Waals surface area contributed by atoms with Gasteiger partial charge in [-0.3, -0.25) is 5.41 Å². The first-order valence-electron chi connectivity index (χ1n) is 6.57. The molecule has 5 nitrogen and oxygen atoms in total. The third-order valence-electron chi connectivity index (χ3n) is 3.92. The second-order valence-corrected chi connectivity index (χ2v) is 5.37. The first kappa shape index (κ1) is 14.3. The van der Waals surface area contributed by atoms with Gasteiger partial charge < -0.3 is 16.0 Å². The largest absolute Gasteiger partial charge is 0.387 e. The van der Waals surface area contributed by atoms with Crippen molar-refractivity contribution >= 4 is 17.6 Å². The Morgan fingerprint density at radius 3 is 2.55 bits per heavy atom. The zero-order valence-electron chi connectivity index (χ0n) is 11.4. The number of nitrogens with two attached hydrogens (primary N) is 1. The van der Waals surface area contributed by atoms with Crippen LogP contribution in [0.3, 0.4) is 0 Å². The molecule has 0 atom stereocenters. The predicted octanol–water partition coefficient (Wildman–Crippen LogP) is 2.40. The monoisotopic (exact) mass is 278 g/mol. The van der Waals surface area contributed by atoms with Crippen LogP contribution in [0.1, 0.15) is 19.8 Å². The minimum atomic E-state index is -0.452. The van der Waals surface area contributed by atoms with E-state index < -0.39 is 5.82 Å². The number of nitrogens with one attached hydrogen (secondary N) is 2. The first-order valence-corrected chi connectivity index (χ1v) is 6.57. The Balaban J connectivity index is 1.96. The topological polar surface area (TPSA) is 82.2 Å². The minimum absolute atomic E-state index is 0.159. The normalized spacial score (nSPS) is 17.6. The predicted molar refractivity (Wildman–Crippen MR) is 76.2 cm³/mol. The Hall–Kier alpha value is -2.11. The second kappa shape index (κ2) is 5.48. The molecule has 20 heavy (non-hydrogen) atoms. The number of hydrogen-bond donors (Lipinski definition) is 3. The molecule has 1 aromatic rings. The SMILES string of the molecule is CC1(C(=N)N)CCN(C(=O)Nc2ccccc2F)CC1. The maximum atomic E-state index is 13.5. The van der Waals surface area contributed by atoms with Gasteiger partial charge in [-0.05, 0) is 25.0 Å². The lowest BCUT2D eigenvalue weighted by Crippen LogP contribution is -2.48. The van der Waals surface area contributed by atoms with Gasteiger partial charge in [0.1, 0.15) is 5.82 Å². The molecule has 1 aliphatic heterocycles. The number of para-hydroxylation sites is 1. The van der Waals surface area contributed by atoms with E-state index in [9.17, 15) is 9.18 Å². The highest BCUT2D eigenvalue weighted by molar-refractivity contribution is 5.90. The number of anilines is 1. The summed E-state index contributed by atoms with van der Waals surface area (Å²) in [6, 6.07) is 5.75. The van der Waals surface area contributed by atoms with Crippen molar-refractivity contribution in [3.8, 4) is 0 Å². The van der Waals surface area contributed by atoms with E-state index in [0.717, 1.165) is 0 Å². The van der Waals surface area contributed by atoms with Crippen molar-refractivity contribution in [3.05, 3.63) is 30.1 Å². The van der Waals surface area contributed by atoms with Crippen LogP contribution < -0.4 is 11.1 Å². The molecular weight excluding hydrogens is 259 g/mol. The van der Waals surface area contributed by atoms with Gasteiger partial charge in [-0.1, -0.05) is 19.1 Å². The van der Waals surface area contributed by atoms with Gasteiger partial charge in [0.15, 0.2) is 0 Å². The van der Waals surface area contributed by atoms with Crippen LogP contribution in [0.2, 0.25) is 0 Å². The molecule has 0 saturated carbocycles. The summed E-state index contributed by atoms with van der Waals surface area (Å²) in [7, 11) is 0. The summed E-state index contributed by atoms with van der Waals surface area (Å²) in [5, 5.41) is 10.1. The number of urea groups is 1. The summed E-state index contributed by atoms with van der Waals surface area (Å²) in [6.45, 7) is 2.95. The molecule has 1 aliphatic rings. The third kappa shape index (κ3) is 2.89. The molecule has 108 valence electrons. The zero-order chi connectivity index (χ0) is 14.8. The average molecular weight is 278 g/mol. The smallest absolute Gasteiger partial charge is 0.321 e. The summed E-state index contributed by atoms with van der Waals surface area (Å²) < 4.78 is 13.5. The maximum absolute atomic E-state index is 13.5. The van der Waals surface area contributed by atoms with E-state index in [-0.39, 0.29) is 23.0 Å². The number of piperidine rings is 1. The van der Waals surface area contributed by atoms with E-state index in [1.54, 1.807) is 17.0 Å². The number of rotatable bonds is 2. The number of amides is 2. The lowest BCUT2D eigenvalue weighted by Gasteiger charge is -2.38. The fourth-order valence-electron chi connectivity index (χ4n) is 2.23. The Morgan fingerprint density at radius 2 is 2.00 bits per heavy atom. The molecule has 0 bridgehead atoms. The number of hydrogen-bond acceptors (Lipinski definition) is 2. The number of likely N-dealkylation sites (tertiary alicyclic amines) is 1. The van der Waals surface area contributed by atoms with Gasteiger partial charge in [-0.25, -0.2) is 9.18 Å².